The smallest absolute Gasteiger partial charge is 0.188 e. The molecule has 6 nitrogen and oxygen atoms in total. The van der Waals surface area contributed by atoms with Gasteiger partial charge in [-0.25, -0.2) is 0 Å². The van der Waals surface area contributed by atoms with Crippen molar-refractivity contribution in [3.05, 3.63) is 29.8 Å². The largest absolute Gasteiger partial charge is 0.464 e. The first-order chi connectivity index (χ1) is 13.6. The van der Waals surface area contributed by atoms with Gasteiger partial charge in [0.05, 0.1) is 6.42 Å². The van der Waals surface area contributed by atoms with Crippen LogP contribution >= 0.6 is 0 Å². The predicted octanol–water partition coefficient (Wildman–Crippen LogP) is 4.55. The highest BCUT2D eigenvalue weighted by Gasteiger charge is 2.08. The van der Waals surface area contributed by atoms with Crippen molar-refractivity contribution in [2.45, 2.75) is 51.9 Å². The SMILES string of the molecule is CCCCCCCC(=O)CC(=O)/C=C/c1ccc(OCOC)c(OCOC)c1. The summed E-state index contributed by atoms with van der Waals surface area (Å²) in [4.78, 5) is 23.9. The van der Waals surface area contributed by atoms with Crippen molar-refractivity contribution in [3.8, 4) is 11.5 Å². The Hall–Kier alpha value is -2.18. The molecular weight excluding hydrogens is 360 g/mol. The van der Waals surface area contributed by atoms with E-state index in [2.05, 4.69) is 6.92 Å². The number of carbonyl (C=O) groups is 2. The van der Waals surface area contributed by atoms with Crippen LogP contribution in [-0.4, -0.2) is 39.4 Å². The van der Waals surface area contributed by atoms with E-state index in [1.165, 1.54) is 33.1 Å². The molecule has 0 heterocycles. The van der Waals surface area contributed by atoms with Gasteiger partial charge in [0.1, 0.15) is 5.78 Å². The van der Waals surface area contributed by atoms with E-state index in [-0.39, 0.29) is 31.6 Å². The van der Waals surface area contributed by atoms with E-state index in [4.69, 9.17) is 18.9 Å². The van der Waals surface area contributed by atoms with Gasteiger partial charge in [0.15, 0.2) is 30.9 Å². The molecule has 0 aliphatic rings. The van der Waals surface area contributed by atoms with Gasteiger partial charge in [0.2, 0.25) is 0 Å². The maximum Gasteiger partial charge on any atom is 0.188 e. The second kappa shape index (κ2) is 14.8. The molecule has 28 heavy (non-hydrogen) atoms. The highest BCUT2D eigenvalue weighted by Crippen LogP contribution is 2.29. The van der Waals surface area contributed by atoms with Crippen LogP contribution in [0.3, 0.4) is 0 Å². The summed E-state index contributed by atoms with van der Waals surface area (Å²) < 4.78 is 20.8. The Bertz CT molecular complexity index is 623. The van der Waals surface area contributed by atoms with Gasteiger partial charge in [-0.15, -0.1) is 0 Å². The molecule has 156 valence electrons. The lowest BCUT2D eigenvalue weighted by molar-refractivity contribution is -0.124. The summed E-state index contributed by atoms with van der Waals surface area (Å²) in [6, 6.07) is 5.27. The van der Waals surface area contributed by atoms with Crippen LogP contribution in [0.5, 0.6) is 11.5 Å². The number of methoxy groups -OCH3 is 2. The maximum atomic E-state index is 12.0. The van der Waals surface area contributed by atoms with Gasteiger partial charge in [-0.3, -0.25) is 9.59 Å². The quantitative estimate of drug-likeness (QED) is 0.178. The van der Waals surface area contributed by atoms with Crippen molar-refractivity contribution in [3.63, 3.8) is 0 Å². The molecule has 1 rings (SSSR count). The van der Waals surface area contributed by atoms with Crippen LogP contribution < -0.4 is 9.47 Å². The highest BCUT2D eigenvalue weighted by molar-refractivity contribution is 6.06. The molecule has 0 aliphatic heterocycles. The number of allylic oxidation sites excluding steroid dienone is 1. The first-order valence-corrected chi connectivity index (χ1v) is 9.70. The molecule has 0 saturated carbocycles. The number of rotatable bonds is 16. The van der Waals surface area contributed by atoms with Crippen molar-refractivity contribution < 1.29 is 28.5 Å². The Labute approximate surface area is 167 Å². The molecule has 0 aliphatic carbocycles. The van der Waals surface area contributed by atoms with E-state index < -0.39 is 0 Å². The average Bonchev–Trinajstić information content (AvgIpc) is 2.69. The van der Waals surface area contributed by atoms with Crippen LogP contribution in [0.1, 0.15) is 57.4 Å². The highest BCUT2D eigenvalue weighted by atomic mass is 16.7. The second-order valence-electron chi connectivity index (χ2n) is 6.49. The third-order valence-electron chi connectivity index (χ3n) is 4.02. The summed E-state index contributed by atoms with van der Waals surface area (Å²) in [6.45, 7) is 2.32. The number of ether oxygens (including phenoxy) is 4. The standard InChI is InChI=1S/C22H32O6/c1-4-5-6-7-8-9-19(23)15-20(24)12-10-18-11-13-21(27-16-25-2)22(14-18)28-17-26-3/h10-14H,4-9,15-17H2,1-3H3/b12-10+. The minimum absolute atomic E-state index is 0.00132. The predicted molar refractivity (Wildman–Crippen MR) is 108 cm³/mol. The summed E-state index contributed by atoms with van der Waals surface area (Å²) in [7, 11) is 3.06. The fraction of sp³-hybridized carbons (Fsp3) is 0.545. The van der Waals surface area contributed by atoms with Crippen LogP contribution in [0.2, 0.25) is 0 Å². The number of ketones is 2. The summed E-state index contributed by atoms with van der Waals surface area (Å²) in [5.74, 6) is 0.800. The molecule has 0 aromatic heterocycles. The fourth-order valence-corrected chi connectivity index (χ4v) is 2.56. The van der Waals surface area contributed by atoms with E-state index in [1.807, 2.05) is 0 Å². The molecule has 0 radical (unpaired) electrons. The zero-order chi connectivity index (χ0) is 20.6. The number of hydrogen-bond donors (Lipinski definition) is 0. The molecule has 0 unspecified atom stereocenters. The normalized spacial score (nSPS) is 11.0. The summed E-state index contributed by atoms with van der Waals surface area (Å²) in [5, 5.41) is 0. The molecule has 1 aromatic carbocycles. The minimum Gasteiger partial charge on any atom is -0.464 e. The topological polar surface area (TPSA) is 71.1 Å². The first kappa shape index (κ1) is 23.9. The zero-order valence-electron chi connectivity index (χ0n) is 17.2. The lowest BCUT2D eigenvalue weighted by atomic mass is 10.1. The number of benzene rings is 1. The van der Waals surface area contributed by atoms with Crippen molar-refractivity contribution in [2.24, 2.45) is 0 Å². The zero-order valence-corrected chi connectivity index (χ0v) is 17.2. The van der Waals surface area contributed by atoms with Gasteiger partial charge in [-0.2, -0.15) is 0 Å². The Balaban J connectivity index is 2.56. The molecule has 0 spiro atoms. The molecule has 6 heteroatoms. The molecular formula is C22H32O6. The van der Waals surface area contributed by atoms with Crippen LogP contribution in [0.25, 0.3) is 6.08 Å². The van der Waals surface area contributed by atoms with Crippen molar-refractivity contribution in [2.75, 3.05) is 27.8 Å². The Morgan fingerprint density at radius 1 is 0.929 bits per heavy atom. The number of Topliss-reactive ketones (excluding diaryl/α,β-unsaturated/α-hetero) is 1. The van der Waals surface area contributed by atoms with E-state index in [1.54, 1.807) is 24.3 Å². The van der Waals surface area contributed by atoms with Crippen LogP contribution in [0, 0.1) is 0 Å². The Kier molecular flexibility index (Phi) is 12.6. The van der Waals surface area contributed by atoms with E-state index >= 15 is 0 Å². The van der Waals surface area contributed by atoms with Gasteiger partial charge >= 0.3 is 0 Å². The first-order valence-electron chi connectivity index (χ1n) is 9.70. The lowest BCUT2D eigenvalue weighted by Crippen LogP contribution is -2.05. The van der Waals surface area contributed by atoms with Gasteiger partial charge in [0.25, 0.3) is 0 Å². The molecule has 0 saturated heterocycles. The van der Waals surface area contributed by atoms with Gasteiger partial charge in [-0.1, -0.05) is 44.7 Å². The van der Waals surface area contributed by atoms with Crippen molar-refractivity contribution in [1.82, 2.24) is 0 Å². The van der Waals surface area contributed by atoms with Crippen LogP contribution in [-0.2, 0) is 19.1 Å². The molecule has 0 amide bonds. The third-order valence-corrected chi connectivity index (χ3v) is 4.02. The number of unbranched alkanes of at least 4 members (excludes halogenated alkanes) is 4. The minimum atomic E-state index is -0.197. The molecule has 0 fully saturated rings. The molecule has 0 N–H and O–H groups in total. The third kappa shape index (κ3) is 10.2. The van der Waals surface area contributed by atoms with Crippen LogP contribution in [0.4, 0.5) is 0 Å². The van der Waals surface area contributed by atoms with Crippen LogP contribution in [0.15, 0.2) is 24.3 Å². The summed E-state index contributed by atoms with van der Waals surface area (Å²) in [6.07, 6.45) is 8.95. The van der Waals surface area contributed by atoms with Gasteiger partial charge in [0, 0.05) is 20.6 Å². The van der Waals surface area contributed by atoms with E-state index in [9.17, 15) is 9.59 Å². The molecule has 0 atom stereocenters. The second-order valence-corrected chi connectivity index (χ2v) is 6.49. The van der Waals surface area contributed by atoms with Crippen molar-refractivity contribution in [1.29, 1.82) is 0 Å². The van der Waals surface area contributed by atoms with Gasteiger partial charge in [-0.05, 0) is 30.2 Å². The maximum absolute atomic E-state index is 12.0. The average molecular weight is 392 g/mol. The summed E-state index contributed by atoms with van der Waals surface area (Å²) >= 11 is 0. The Morgan fingerprint density at radius 3 is 2.29 bits per heavy atom. The lowest BCUT2D eigenvalue weighted by Gasteiger charge is -2.12. The molecule has 1 aromatic rings. The van der Waals surface area contributed by atoms with E-state index in [0.717, 1.165) is 24.8 Å². The van der Waals surface area contributed by atoms with E-state index in [0.29, 0.717) is 17.9 Å². The fourth-order valence-electron chi connectivity index (χ4n) is 2.56. The monoisotopic (exact) mass is 392 g/mol. The number of hydrogen-bond acceptors (Lipinski definition) is 6. The van der Waals surface area contributed by atoms with Crippen molar-refractivity contribution >= 4 is 17.6 Å². The summed E-state index contributed by atoms with van der Waals surface area (Å²) in [5.41, 5.74) is 0.760. The number of carbonyl (C=O) groups excluding carboxylic acids is 2. The molecule has 0 bridgehead atoms. The Morgan fingerprint density at radius 2 is 1.61 bits per heavy atom. The van der Waals surface area contributed by atoms with Gasteiger partial charge < -0.3 is 18.9 Å².